The van der Waals surface area contributed by atoms with Crippen LogP contribution >= 0.6 is 89.0 Å². The van der Waals surface area contributed by atoms with Crippen molar-refractivity contribution < 1.29 is 14.2 Å². The average molecular weight is 574 g/mol. The van der Waals surface area contributed by atoms with Crippen molar-refractivity contribution >= 4 is 106 Å². The molecule has 1 atom stereocenters. The Morgan fingerprint density at radius 3 is 1.65 bits per heavy atom. The number of hydrogen-bond acceptors (Lipinski definition) is 3. The van der Waals surface area contributed by atoms with Gasteiger partial charge in [0.15, 0.2) is 13.6 Å². The van der Waals surface area contributed by atoms with Crippen molar-refractivity contribution in [3.8, 4) is 0 Å². The average Bonchev–Trinajstić information content (AvgIpc) is 2.75. The molecule has 0 N–H and O–H groups in total. The van der Waals surface area contributed by atoms with Gasteiger partial charge in [0, 0.05) is 5.56 Å². The summed E-state index contributed by atoms with van der Waals surface area (Å²) in [6.45, 7) is 0. The molecule has 3 aromatic carbocycles. The maximum Gasteiger partial charge on any atom is 0.249 e. The fourth-order valence-corrected chi connectivity index (χ4v) is 5.98. The Morgan fingerprint density at radius 2 is 1.10 bits per heavy atom. The second-order valence-electron chi connectivity index (χ2n) is 5.99. The fourth-order valence-electron chi connectivity index (χ4n) is 2.69. The van der Waals surface area contributed by atoms with E-state index in [1.807, 2.05) is 0 Å². The highest BCUT2D eigenvalue weighted by atomic mass is 35.5. The lowest BCUT2D eigenvalue weighted by molar-refractivity contribution is 0.103. The second-order valence-corrected chi connectivity index (χ2v) is 10.2. The molecule has 0 bridgehead atoms. The summed E-state index contributed by atoms with van der Waals surface area (Å²) >= 11 is 42.6. The van der Waals surface area contributed by atoms with Crippen LogP contribution in [0.4, 0.5) is 0 Å². The summed E-state index contributed by atoms with van der Waals surface area (Å²) in [5, 5.41) is -0.883. The summed E-state index contributed by atoms with van der Waals surface area (Å²) in [5.41, 5.74) is -1.27. The smallest absolute Gasteiger partial charge is 0.249 e. The summed E-state index contributed by atoms with van der Waals surface area (Å²) < 4.78 is 13.2. The molecule has 11 heteroatoms. The third-order valence-corrected chi connectivity index (χ3v) is 8.49. The minimum atomic E-state index is -2.79. The van der Waals surface area contributed by atoms with Gasteiger partial charge in [0.25, 0.3) is 0 Å². The predicted molar refractivity (Wildman–Crippen MR) is 129 cm³/mol. The molecule has 159 valence electrons. The SMILES string of the molecule is O=C(c1ccccc1[P](=O)C(=O)c1c(Cl)cccc1Cl)c1c(Cl)c(Cl)c(Cl)c(Cl)c1Cl. The van der Waals surface area contributed by atoms with Crippen molar-refractivity contribution in [2.75, 3.05) is 0 Å². The van der Waals surface area contributed by atoms with Crippen LogP contribution in [0.3, 0.4) is 0 Å². The Labute approximate surface area is 212 Å². The Morgan fingerprint density at radius 1 is 0.613 bits per heavy atom. The molecule has 0 heterocycles. The van der Waals surface area contributed by atoms with Crippen LogP contribution in [0.1, 0.15) is 26.3 Å². The predicted octanol–water partition coefficient (Wildman–Crippen LogP) is 8.78. The molecule has 0 aliphatic heterocycles. The lowest BCUT2D eigenvalue weighted by Gasteiger charge is -2.14. The molecule has 0 amide bonds. The van der Waals surface area contributed by atoms with Crippen LogP contribution in [0.2, 0.25) is 35.2 Å². The molecule has 0 aliphatic rings. The second kappa shape index (κ2) is 9.95. The van der Waals surface area contributed by atoms with Gasteiger partial charge >= 0.3 is 0 Å². The van der Waals surface area contributed by atoms with Crippen molar-refractivity contribution in [1.82, 2.24) is 0 Å². The number of benzene rings is 3. The van der Waals surface area contributed by atoms with E-state index >= 15 is 0 Å². The van der Waals surface area contributed by atoms with Crippen LogP contribution < -0.4 is 5.30 Å². The van der Waals surface area contributed by atoms with E-state index in [0.717, 1.165) is 0 Å². The first-order valence-electron chi connectivity index (χ1n) is 8.18. The lowest BCUT2D eigenvalue weighted by Crippen LogP contribution is -2.17. The van der Waals surface area contributed by atoms with E-state index in [2.05, 4.69) is 0 Å². The molecule has 3 aromatic rings. The van der Waals surface area contributed by atoms with Crippen molar-refractivity contribution in [3.63, 3.8) is 0 Å². The maximum atomic E-state index is 13.3. The van der Waals surface area contributed by atoms with Gasteiger partial charge in [-0.15, -0.1) is 0 Å². The minimum absolute atomic E-state index is 0.0343. The van der Waals surface area contributed by atoms with Crippen LogP contribution in [0.15, 0.2) is 42.5 Å². The number of rotatable bonds is 5. The van der Waals surface area contributed by atoms with Crippen LogP contribution in [0, 0.1) is 0 Å². The highest BCUT2D eigenvalue weighted by Crippen LogP contribution is 2.45. The number of carbonyl (C=O) groups is 2. The first-order valence-corrected chi connectivity index (χ1v) is 12.1. The molecule has 0 aromatic heterocycles. The largest absolute Gasteiger partial charge is 0.288 e. The Hall–Kier alpha value is -0.870. The van der Waals surface area contributed by atoms with Gasteiger partial charge in [-0.3, -0.25) is 14.2 Å². The molecule has 0 spiro atoms. The Balaban J connectivity index is 2.15. The van der Waals surface area contributed by atoms with E-state index in [1.54, 1.807) is 6.07 Å². The first kappa shape index (κ1) is 24.8. The lowest BCUT2D eigenvalue weighted by atomic mass is 10.0. The van der Waals surface area contributed by atoms with Gasteiger partial charge in [0.1, 0.15) is 0 Å². The molecule has 3 rings (SSSR count). The zero-order chi connectivity index (χ0) is 23.0. The zero-order valence-electron chi connectivity index (χ0n) is 14.9. The number of carbonyl (C=O) groups excluding carboxylic acids is 2. The topological polar surface area (TPSA) is 51.2 Å². The van der Waals surface area contributed by atoms with Crippen molar-refractivity contribution in [1.29, 1.82) is 0 Å². The van der Waals surface area contributed by atoms with Crippen LogP contribution in [0.5, 0.6) is 0 Å². The van der Waals surface area contributed by atoms with Crippen molar-refractivity contribution in [2.45, 2.75) is 0 Å². The summed E-state index contributed by atoms with van der Waals surface area (Å²) in [5.74, 6) is -0.743. The van der Waals surface area contributed by atoms with E-state index in [9.17, 15) is 14.2 Å². The maximum absolute atomic E-state index is 13.3. The van der Waals surface area contributed by atoms with Gasteiger partial charge in [-0.2, -0.15) is 0 Å². The Bertz CT molecular complexity index is 1220. The number of hydrogen-bond donors (Lipinski definition) is 0. The normalized spacial score (nSPS) is 11.4. The van der Waals surface area contributed by atoms with Gasteiger partial charge in [-0.25, -0.2) is 0 Å². The number of halogens is 7. The first-order chi connectivity index (χ1) is 14.6. The van der Waals surface area contributed by atoms with E-state index < -0.39 is 19.1 Å². The molecule has 3 nitrogen and oxygen atoms in total. The van der Waals surface area contributed by atoms with Crippen molar-refractivity contribution in [2.24, 2.45) is 0 Å². The van der Waals surface area contributed by atoms with E-state index in [-0.39, 0.29) is 57.2 Å². The molecular weight excluding hydrogens is 567 g/mol. The molecule has 1 unspecified atom stereocenters. The minimum Gasteiger partial charge on any atom is -0.288 e. The molecule has 0 saturated heterocycles. The standard InChI is InChI=1S/C20H7Cl7O3P/c21-9-5-3-6-10(22)12(9)20(29)31(30)11-7-2-1-4-8(11)19(28)13-14(23)16(25)18(27)17(26)15(13)24/h1-7H. The fraction of sp³-hybridized carbons (Fsp3) is 0. The highest BCUT2D eigenvalue weighted by Gasteiger charge is 2.30. The van der Waals surface area contributed by atoms with E-state index in [4.69, 9.17) is 81.2 Å². The molecule has 0 saturated carbocycles. The van der Waals surface area contributed by atoms with E-state index in [1.165, 1.54) is 36.4 Å². The summed E-state index contributed by atoms with van der Waals surface area (Å²) in [6, 6.07) is 10.2. The van der Waals surface area contributed by atoms with Crippen LogP contribution in [-0.4, -0.2) is 11.3 Å². The molecular formula is C20H7Cl7O3P. The van der Waals surface area contributed by atoms with Gasteiger partial charge in [-0.05, 0) is 24.3 Å². The quantitative estimate of drug-likeness (QED) is 0.133. The summed E-state index contributed by atoms with van der Waals surface area (Å²) in [4.78, 5) is 26.2. The van der Waals surface area contributed by atoms with Crippen LogP contribution in [0.25, 0.3) is 0 Å². The van der Waals surface area contributed by atoms with Gasteiger partial charge < -0.3 is 0 Å². The van der Waals surface area contributed by atoms with Crippen molar-refractivity contribution in [3.05, 3.63) is 94.3 Å². The van der Waals surface area contributed by atoms with Gasteiger partial charge in [0.05, 0.1) is 51.6 Å². The molecule has 31 heavy (non-hydrogen) atoms. The zero-order valence-corrected chi connectivity index (χ0v) is 21.0. The monoisotopic (exact) mass is 571 g/mol. The van der Waals surface area contributed by atoms with Gasteiger partial charge in [-0.1, -0.05) is 99.4 Å². The third kappa shape index (κ3) is 4.62. The van der Waals surface area contributed by atoms with E-state index in [0.29, 0.717) is 0 Å². The Kier molecular flexibility index (Phi) is 7.95. The summed E-state index contributed by atoms with van der Waals surface area (Å²) in [6.07, 6.45) is 0. The number of ketones is 1. The van der Waals surface area contributed by atoms with Gasteiger partial charge in [0.2, 0.25) is 5.52 Å². The molecule has 0 aliphatic carbocycles. The summed E-state index contributed by atoms with van der Waals surface area (Å²) in [7, 11) is -2.79. The molecule has 0 fully saturated rings. The van der Waals surface area contributed by atoms with Crippen LogP contribution in [-0.2, 0) is 4.57 Å². The third-order valence-electron chi connectivity index (χ3n) is 4.17. The molecule has 1 radical (unpaired) electrons. The highest BCUT2D eigenvalue weighted by molar-refractivity contribution is 7.71.